The van der Waals surface area contributed by atoms with Crippen molar-refractivity contribution < 1.29 is 9.53 Å². The fourth-order valence-electron chi connectivity index (χ4n) is 3.16. The van der Waals surface area contributed by atoms with Crippen molar-refractivity contribution in [3.05, 3.63) is 90.5 Å². The second kappa shape index (κ2) is 11.1. The van der Waals surface area contributed by atoms with Gasteiger partial charge in [0.1, 0.15) is 5.75 Å². The number of para-hydroxylation sites is 2. The molecule has 0 aliphatic rings. The molecule has 1 N–H and O–H groups in total. The molecule has 8 heteroatoms. The van der Waals surface area contributed by atoms with Crippen molar-refractivity contribution in [1.82, 2.24) is 20.2 Å². The van der Waals surface area contributed by atoms with Crippen LogP contribution in [0, 0.1) is 0 Å². The summed E-state index contributed by atoms with van der Waals surface area (Å²) in [6.07, 6.45) is 1.58. The summed E-state index contributed by atoms with van der Waals surface area (Å²) in [6.45, 7) is 2.48. The lowest BCUT2D eigenvalue weighted by Gasteiger charge is -2.10. The summed E-state index contributed by atoms with van der Waals surface area (Å²) in [6, 6.07) is 27.2. The van der Waals surface area contributed by atoms with E-state index in [1.165, 1.54) is 11.8 Å². The van der Waals surface area contributed by atoms with E-state index in [-0.39, 0.29) is 11.7 Å². The Morgan fingerprint density at radius 3 is 2.45 bits per heavy atom. The number of aromatic nitrogens is 3. The van der Waals surface area contributed by atoms with Crippen molar-refractivity contribution >= 4 is 23.9 Å². The number of carbonyl (C=O) groups is 1. The van der Waals surface area contributed by atoms with Crippen LogP contribution >= 0.6 is 11.8 Å². The molecule has 0 aliphatic carbocycles. The van der Waals surface area contributed by atoms with E-state index < -0.39 is 0 Å². The number of hydrogen-bond acceptors (Lipinski definition) is 6. The normalized spacial score (nSPS) is 10.9. The number of nitrogens with one attached hydrogen (secondary N) is 1. The van der Waals surface area contributed by atoms with E-state index >= 15 is 0 Å². The van der Waals surface area contributed by atoms with Gasteiger partial charge in [-0.15, -0.1) is 10.2 Å². The Kier molecular flexibility index (Phi) is 7.50. The van der Waals surface area contributed by atoms with Crippen LogP contribution in [-0.2, 0) is 4.79 Å². The van der Waals surface area contributed by atoms with Gasteiger partial charge >= 0.3 is 0 Å². The molecule has 1 heterocycles. The predicted molar refractivity (Wildman–Crippen MR) is 131 cm³/mol. The molecule has 1 aromatic heterocycles. The molecule has 33 heavy (non-hydrogen) atoms. The maximum absolute atomic E-state index is 12.4. The zero-order valence-electron chi connectivity index (χ0n) is 18.1. The largest absolute Gasteiger partial charge is 0.493 e. The highest BCUT2D eigenvalue weighted by molar-refractivity contribution is 7.99. The highest BCUT2D eigenvalue weighted by Gasteiger charge is 2.17. The van der Waals surface area contributed by atoms with E-state index in [4.69, 9.17) is 4.74 Å². The molecule has 0 bridgehead atoms. The second-order valence-electron chi connectivity index (χ2n) is 6.90. The van der Waals surface area contributed by atoms with Gasteiger partial charge in [-0.25, -0.2) is 5.43 Å². The second-order valence-corrected chi connectivity index (χ2v) is 7.84. The molecule has 4 aromatic rings. The summed E-state index contributed by atoms with van der Waals surface area (Å²) in [5.74, 6) is 1.34. The van der Waals surface area contributed by atoms with Gasteiger partial charge in [0, 0.05) is 16.8 Å². The van der Waals surface area contributed by atoms with Crippen LogP contribution in [-0.4, -0.2) is 39.2 Å². The Hall–Kier alpha value is -3.91. The van der Waals surface area contributed by atoms with Crippen LogP contribution in [0.5, 0.6) is 5.75 Å². The molecule has 0 fully saturated rings. The zero-order valence-corrected chi connectivity index (χ0v) is 18.9. The summed E-state index contributed by atoms with van der Waals surface area (Å²) in [7, 11) is 0. The molecule has 0 atom stereocenters. The molecule has 0 aliphatic heterocycles. The minimum Gasteiger partial charge on any atom is -0.493 e. The highest BCUT2D eigenvalue weighted by Crippen LogP contribution is 2.27. The lowest BCUT2D eigenvalue weighted by Crippen LogP contribution is -2.20. The maximum atomic E-state index is 12.4. The number of amides is 1. The summed E-state index contributed by atoms with van der Waals surface area (Å²) in [5, 5.41) is 13.4. The van der Waals surface area contributed by atoms with Gasteiger partial charge in [0.2, 0.25) is 0 Å². The Morgan fingerprint density at radius 2 is 1.70 bits per heavy atom. The van der Waals surface area contributed by atoms with E-state index in [1.54, 1.807) is 6.21 Å². The van der Waals surface area contributed by atoms with Gasteiger partial charge < -0.3 is 4.74 Å². The molecule has 0 radical (unpaired) electrons. The molecule has 166 valence electrons. The number of hydrazone groups is 1. The van der Waals surface area contributed by atoms with Crippen molar-refractivity contribution in [3.8, 4) is 22.8 Å². The van der Waals surface area contributed by atoms with Crippen LogP contribution in [0.4, 0.5) is 0 Å². The lowest BCUT2D eigenvalue weighted by molar-refractivity contribution is -0.118. The topological polar surface area (TPSA) is 81.4 Å². The number of rotatable bonds is 9. The Balaban J connectivity index is 1.46. The number of carbonyl (C=O) groups excluding carboxylic acids is 1. The quantitative estimate of drug-likeness (QED) is 0.226. The van der Waals surface area contributed by atoms with Gasteiger partial charge in [-0.3, -0.25) is 9.36 Å². The van der Waals surface area contributed by atoms with E-state index in [2.05, 4.69) is 20.7 Å². The third-order valence-corrected chi connectivity index (χ3v) is 5.55. The molecule has 1 amide bonds. The zero-order chi connectivity index (χ0) is 22.9. The van der Waals surface area contributed by atoms with Crippen molar-refractivity contribution in [2.45, 2.75) is 12.1 Å². The molecule has 0 saturated carbocycles. The van der Waals surface area contributed by atoms with Crippen molar-refractivity contribution in [2.75, 3.05) is 12.4 Å². The Bertz CT molecular complexity index is 1230. The van der Waals surface area contributed by atoms with E-state index in [0.29, 0.717) is 11.8 Å². The number of hydrogen-bond donors (Lipinski definition) is 1. The van der Waals surface area contributed by atoms with Crippen LogP contribution in [0.25, 0.3) is 17.1 Å². The van der Waals surface area contributed by atoms with Crippen molar-refractivity contribution in [2.24, 2.45) is 5.10 Å². The van der Waals surface area contributed by atoms with Crippen LogP contribution in [0.1, 0.15) is 12.5 Å². The first-order chi connectivity index (χ1) is 16.3. The first-order valence-electron chi connectivity index (χ1n) is 10.5. The summed E-state index contributed by atoms with van der Waals surface area (Å²) < 4.78 is 7.52. The first-order valence-corrected chi connectivity index (χ1v) is 11.5. The average Bonchev–Trinajstić information content (AvgIpc) is 3.29. The third-order valence-electron chi connectivity index (χ3n) is 4.62. The minimum absolute atomic E-state index is 0.143. The Labute approximate surface area is 196 Å². The number of benzene rings is 3. The van der Waals surface area contributed by atoms with Gasteiger partial charge in [0.15, 0.2) is 11.0 Å². The molecule has 0 saturated heterocycles. The number of thioether (sulfide) groups is 1. The van der Waals surface area contributed by atoms with E-state index in [9.17, 15) is 4.79 Å². The standard InChI is InChI=1S/C25H23N5O2S/c1-2-32-22-16-10-9-13-20(22)17-26-27-23(31)18-33-25-29-28-24(19-11-5-3-6-12-19)30(25)21-14-7-4-8-15-21/h3-17H,2,18H2,1H3,(H,27,31)/b26-17-. The van der Waals surface area contributed by atoms with E-state index in [1.807, 2.05) is 96.4 Å². The smallest absolute Gasteiger partial charge is 0.250 e. The fraction of sp³-hybridized carbons (Fsp3) is 0.120. The molecule has 0 unspecified atom stereocenters. The average molecular weight is 458 g/mol. The van der Waals surface area contributed by atoms with Crippen LogP contribution in [0.3, 0.4) is 0 Å². The van der Waals surface area contributed by atoms with Gasteiger partial charge in [0.25, 0.3) is 5.91 Å². The van der Waals surface area contributed by atoms with Gasteiger partial charge in [0.05, 0.1) is 18.6 Å². The summed E-state index contributed by atoms with van der Waals surface area (Å²) in [4.78, 5) is 12.4. The minimum atomic E-state index is -0.242. The maximum Gasteiger partial charge on any atom is 0.250 e. The predicted octanol–water partition coefficient (Wildman–Crippen LogP) is 4.58. The molecule has 4 rings (SSSR count). The lowest BCUT2D eigenvalue weighted by atomic mass is 10.2. The molecular formula is C25H23N5O2S. The van der Waals surface area contributed by atoms with Gasteiger partial charge in [-0.1, -0.05) is 72.4 Å². The van der Waals surface area contributed by atoms with Gasteiger partial charge in [-0.05, 0) is 31.2 Å². The monoisotopic (exact) mass is 457 g/mol. The Morgan fingerprint density at radius 1 is 1.00 bits per heavy atom. The fourth-order valence-corrected chi connectivity index (χ4v) is 3.90. The number of ether oxygens (including phenoxy) is 1. The molecular weight excluding hydrogens is 434 g/mol. The molecule has 3 aromatic carbocycles. The van der Waals surface area contributed by atoms with Crippen LogP contribution in [0.15, 0.2) is 95.2 Å². The van der Waals surface area contributed by atoms with Gasteiger partial charge in [-0.2, -0.15) is 5.10 Å². The van der Waals surface area contributed by atoms with Crippen molar-refractivity contribution in [1.29, 1.82) is 0 Å². The van der Waals surface area contributed by atoms with Crippen LogP contribution in [0.2, 0.25) is 0 Å². The summed E-state index contributed by atoms with van der Waals surface area (Å²) >= 11 is 1.30. The van der Waals surface area contributed by atoms with E-state index in [0.717, 1.165) is 28.4 Å². The first kappa shape index (κ1) is 22.3. The SMILES string of the molecule is CCOc1ccccc1/C=N\NC(=O)CSc1nnc(-c2ccccc2)n1-c1ccccc1. The molecule has 0 spiro atoms. The van der Waals surface area contributed by atoms with Crippen LogP contribution < -0.4 is 10.2 Å². The van der Waals surface area contributed by atoms with Crippen molar-refractivity contribution in [3.63, 3.8) is 0 Å². The summed E-state index contributed by atoms with van der Waals surface area (Å²) in [5.41, 5.74) is 5.23. The third kappa shape index (κ3) is 5.67. The number of nitrogens with zero attached hydrogens (tertiary/aromatic N) is 4. The molecule has 7 nitrogen and oxygen atoms in total. The highest BCUT2D eigenvalue weighted by atomic mass is 32.2.